The predicted molar refractivity (Wildman–Crippen MR) is 94.1 cm³/mol. The number of esters is 2. The number of carbonyl (C=O) groups excluding carboxylic acids is 2. The second-order valence-electron chi connectivity index (χ2n) is 6.66. The van der Waals surface area contributed by atoms with Crippen LogP contribution in [0.5, 0.6) is 0 Å². The average Bonchev–Trinajstić information content (AvgIpc) is 2.53. The summed E-state index contributed by atoms with van der Waals surface area (Å²) in [6.07, 6.45) is 21.7. The largest absolute Gasteiger partial charge is 0.393 e. The number of cyclic esters (lactones) is 2. The minimum Gasteiger partial charge on any atom is -0.393 e. The molecule has 0 aliphatic carbocycles. The SMILES string of the molecule is O=C1C/C=C\CCCCCCCCCCCCCCCC(=O)O1. The summed E-state index contributed by atoms with van der Waals surface area (Å²) in [6, 6.07) is 0. The zero-order valence-corrected chi connectivity index (χ0v) is 14.7. The van der Waals surface area contributed by atoms with Crippen LogP contribution in [0.1, 0.15) is 103 Å². The van der Waals surface area contributed by atoms with Crippen LogP contribution in [0.4, 0.5) is 0 Å². The first-order valence-electron chi connectivity index (χ1n) is 9.67. The number of hydrogen-bond acceptors (Lipinski definition) is 3. The van der Waals surface area contributed by atoms with Crippen molar-refractivity contribution in [1.29, 1.82) is 0 Å². The summed E-state index contributed by atoms with van der Waals surface area (Å²) in [5.74, 6) is -0.786. The van der Waals surface area contributed by atoms with Gasteiger partial charge in [-0.05, 0) is 19.3 Å². The number of ether oxygens (including phenoxy) is 1. The quantitative estimate of drug-likeness (QED) is 0.318. The van der Waals surface area contributed by atoms with Crippen molar-refractivity contribution in [1.82, 2.24) is 0 Å². The molecular weight excluding hydrogens is 288 g/mol. The molecule has 0 fully saturated rings. The fourth-order valence-electron chi connectivity index (χ4n) is 2.99. The van der Waals surface area contributed by atoms with Crippen LogP contribution in [-0.4, -0.2) is 11.9 Å². The van der Waals surface area contributed by atoms with Gasteiger partial charge in [0.25, 0.3) is 0 Å². The van der Waals surface area contributed by atoms with Crippen molar-refractivity contribution < 1.29 is 14.3 Å². The van der Waals surface area contributed by atoms with E-state index in [1.54, 1.807) is 0 Å². The Bertz CT molecular complexity index is 347. The maximum atomic E-state index is 11.5. The lowest BCUT2D eigenvalue weighted by Gasteiger charge is -2.03. The Kier molecular flexibility index (Phi) is 12.5. The fraction of sp³-hybridized carbons (Fsp3) is 0.800. The maximum absolute atomic E-state index is 11.5. The molecule has 0 unspecified atom stereocenters. The lowest BCUT2D eigenvalue weighted by molar-refractivity contribution is -0.159. The van der Waals surface area contributed by atoms with Crippen LogP contribution in [0.25, 0.3) is 0 Å². The van der Waals surface area contributed by atoms with Gasteiger partial charge in [0, 0.05) is 6.42 Å². The lowest BCUT2D eigenvalue weighted by atomic mass is 10.0. The number of allylic oxidation sites excluding steroid dienone is 1. The summed E-state index contributed by atoms with van der Waals surface area (Å²) in [5, 5.41) is 0. The van der Waals surface area contributed by atoms with Crippen molar-refractivity contribution in [2.45, 2.75) is 103 Å². The van der Waals surface area contributed by atoms with Crippen LogP contribution in [0.2, 0.25) is 0 Å². The Morgan fingerprint density at radius 2 is 1.04 bits per heavy atom. The van der Waals surface area contributed by atoms with Gasteiger partial charge in [0.2, 0.25) is 0 Å². The summed E-state index contributed by atoms with van der Waals surface area (Å²) < 4.78 is 4.82. The van der Waals surface area contributed by atoms with E-state index in [-0.39, 0.29) is 12.4 Å². The summed E-state index contributed by atoms with van der Waals surface area (Å²) in [5.41, 5.74) is 0. The van der Waals surface area contributed by atoms with Gasteiger partial charge in [-0.2, -0.15) is 0 Å². The van der Waals surface area contributed by atoms with Crippen molar-refractivity contribution in [3.8, 4) is 0 Å². The molecule has 1 heterocycles. The normalized spacial score (nSPS) is 23.5. The molecule has 3 heteroatoms. The van der Waals surface area contributed by atoms with Crippen LogP contribution in [-0.2, 0) is 14.3 Å². The Morgan fingerprint density at radius 1 is 0.565 bits per heavy atom. The van der Waals surface area contributed by atoms with Crippen molar-refractivity contribution in [2.75, 3.05) is 0 Å². The van der Waals surface area contributed by atoms with Gasteiger partial charge >= 0.3 is 11.9 Å². The number of hydrogen-bond donors (Lipinski definition) is 0. The third kappa shape index (κ3) is 13.1. The summed E-state index contributed by atoms with van der Waals surface area (Å²) >= 11 is 0. The molecule has 0 saturated heterocycles. The standard InChI is InChI=1S/C20H34O3/c21-19-17-15-13-11-9-7-5-3-1-2-4-6-8-10-12-14-16-18-20(22)23-19/h13,15H,1-12,14,16-18H2/b15-13-. The van der Waals surface area contributed by atoms with Crippen molar-refractivity contribution in [3.05, 3.63) is 12.2 Å². The maximum Gasteiger partial charge on any atom is 0.317 e. The minimum absolute atomic E-state index is 0.214. The van der Waals surface area contributed by atoms with Gasteiger partial charge in [0.05, 0.1) is 6.42 Å². The molecule has 0 bridgehead atoms. The first kappa shape index (κ1) is 19.9. The van der Waals surface area contributed by atoms with E-state index >= 15 is 0 Å². The first-order valence-corrected chi connectivity index (χ1v) is 9.67. The van der Waals surface area contributed by atoms with Crippen LogP contribution in [0.15, 0.2) is 12.2 Å². The van der Waals surface area contributed by atoms with Gasteiger partial charge in [0.1, 0.15) is 0 Å². The van der Waals surface area contributed by atoms with E-state index in [0.29, 0.717) is 6.42 Å². The van der Waals surface area contributed by atoms with Crippen LogP contribution >= 0.6 is 0 Å². The van der Waals surface area contributed by atoms with E-state index in [1.165, 1.54) is 70.6 Å². The van der Waals surface area contributed by atoms with Crippen molar-refractivity contribution in [3.63, 3.8) is 0 Å². The molecule has 0 N–H and O–H groups in total. The van der Waals surface area contributed by atoms with Gasteiger partial charge in [0.15, 0.2) is 0 Å². The van der Waals surface area contributed by atoms with Gasteiger partial charge < -0.3 is 4.74 Å². The van der Waals surface area contributed by atoms with Crippen LogP contribution in [0.3, 0.4) is 0 Å². The molecule has 23 heavy (non-hydrogen) atoms. The second kappa shape index (κ2) is 14.5. The highest BCUT2D eigenvalue weighted by Crippen LogP contribution is 2.14. The highest BCUT2D eigenvalue weighted by Gasteiger charge is 2.08. The van der Waals surface area contributed by atoms with Crippen LogP contribution in [0, 0.1) is 0 Å². The van der Waals surface area contributed by atoms with E-state index in [9.17, 15) is 9.59 Å². The van der Waals surface area contributed by atoms with Gasteiger partial charge in [-0.25, -0.2) is 0 Å². The molecule has 0 amide bonds. The second-order valence-corrected chi connectivity index (χ2v) is 6.66. The smallest absolute Gasteiger partial charge is 0.317 e. The van der Waals surface area contributed by atoms with E-state index in [4.69, 9.17) is 4.74 Å². The number of rotatable bonds is 0. The zero-order valence-electron chi connectivity index (χ0n) is 14.7. The molecule has 0 radical (unpaired) electrons. The lowest BCUT2D eigenvalue weighted by Crippen LogP contribution is -2.11. The van der Waals surface area contributed by atoms with Crippen molar-refractivity contribution in [2.24, 2.45) is 0 Å². The third-order valence-electron chi connectivity index (χ3n) is 4.43. The molecule has 0 aromatic carbocycles. The molecule has 3 nitrogen and oxygen atoms in total. The molecule has 132 valence electrons. The Morgan fingerprint density at radius 3 is 1.61 bits per heavy atom. The third-order valence-corrected chi connectivity index (χ3v) is 4.43. The van der Waals surface area contributed by atoms with Crippen LogP contribution < -0.4 is 0 Å². The molecule has 1 rings (SSSR count). The molecule has 0 saturated carbocycles. The van der Waals surface area contributed by atoms with E-state index in [1.807, 2.05) is 12.2 Å². The fourth-order valence-corrected chi connectivity index (χ4v) is 2.99. The van der Waals surface area contributed by atoms with Gasteiger partial charge in [-0.1, -0.05) is 82.8 Å². The highest BCUT2D eigenvalue weighted by atomic mass is 16.6. The molecule has 1 aliphatic heterocycles. The Labute approximate surface area is 141 Å². The van der Waals surface area contributed by atoms with E-state index in [2.05, 4.69) is 0 Å². The molecule has 0 aromatic rings. The summed E-state index contributed by atoms with van der Waals surface area (Å²) in [7, 11) is 0. The monoisotopic (exact) mass is 322 g/mol. The number of carbonyl (C=O) groups is 2. The van der Waals surface area contributed by atoms with E-state index < -0.39 is 5.97 Å². The van der Waals surface area contributed by atoms with E-state index in [0.717, 1.165) is 19.3 Å². The highest BCUT2D eigenvalue weighted by molar-refractivity contribution is 5.86. The molecule has 0 aromatic heterocycles. The predicted octanol–water partition coefficient (Wildman–Crippen LogP) is 5.87. The molecule has 0 spiro atoms. The topological polar surface area (TPSA) is 43.4 Å². The Hall–Kier alpha value is -1.12. The Balaban J connectivity index is 2.24. The molecule has 0 atom stereocenters. The van der Waals surface area contributed by atoms with Gasteiger partial charge in [-0.3, -0.25) is 9.59 Å². The summed E-state index contributed by atoms with van der Waals surface area (Å²) in [4.78, 5) is 23.1. The summed E-state index contributed by atoms with van der Waals surface area (Å²) in [6.45, 7) is 0. The first-order chi connectivity index (χ1) is 11.3. The molecule has 1 aliphatic rings. The zero-order chi connectivity index (χ0) is 16.6. The average molecular weight is 322 g/mol. The van der Waals surface area contributed by atoms with Crippen molar-refractivity contribution >= 4 is 11.9 Å². The van der Waals surface area contributed by atoms with Gasteiger partial charge in [-0.15, -0.1) is 0 Å². The molecular formula is C20H34O3. The minimum atomic E-state index is -0.419.